The first-order chi connectivity index (χ1) is 15.7. The first-order valence-electron chi connectivity index (χ1n) is 11.0. The molecule has 1 fully saturated rings. The molecule has 0 bridgehead atoms. The lowest BCUT2D eigenvalue weighted by Crippen LogP contribution is -2.42. The highest BCUT2D eigenvalue weighted by molar-refractivity contribution is 5.82. The minimum atomic E-state index is -0.0775. The number of ether oxygens (including phenoxy) is 2. The van der Waals surface area contributed by atoms with Crippen LogP contribution in [0.2, 0.25) is 0 Å². The average molecular weight is 431 g/mol. The molecular formula is C27H30N2O3. The van der Waals surface area contributed by atoms with Crippen molar-refractivity contribution in [1.29, 1.82) is 0 Å². The maximum Gasteiger partial charge on any atom is 0.237 e. The number of methoxy groups -OCH3 is 2. The molecule has 1 atom stereocenters. The van der Waals surface area contributed by atoms with Crippen LogP contribution in [0.4, 0.5) is 0 Å². The average Bonchev–Trinajstić information content (AvgIpc) is 3.31. The number of nitrogens with zero attached hydrogens (tertiary/aromatic N) is 1. The summed E-state index contributed by atoms with van der Waals surface area (Å²) in [6.45, 7) is 2.25. The largest absolute Gasteiger partial charge is 0.497 e. The topological polar surface area (TPSA) is 50.8 Å². The Morgan fingerprint density at radius 1 is 0.906 bits per heavy atom. The molecule has 0 aromatic heterocycles. The Bertz CT molecular complexity index is 1030. The zero-order valence-electron chi connectivity index (χ0n) is 18.7. The van der Waals surface area contributed by atoms with Crippen molar-refractivity contribution in [1.82, 2.24) is 10.2 Å². The van der Waals surface area contributed by atoms with Crippen LogP contribution in [0.1, 0.15) is 24.0 Å². The third-order valence-electron chi connectivity index (χ3n) is 6.03. The number of benzene rings is 3. The Balaban J connectivity index is 1.35. The molecule has 1 amide bonds. The van der Waals surface area contributed by atoms with E-state index in [0.29, 0.717) is 6.54 Å². The van der Waals surface area contributed by atoms with Gasteiger partial charge in [0.15, 0.2) is 0 Å². The molecule has 166 valence electrons. The maximum absolute atomic E-state index is 12.9. The van der Waals surface area contributed by atoms with Crippen molar-refractivity contribution in [2.75, 3.05) is 20.8 Å². The molecular weight excluding hydrogens is 400 g/mol. The Morgan fingerprint density at radius 2 is 1.62 bits per heavy atom. The summed E-state index contributed by atoms with van der Waals surface area (Å²) in [7, 11) is 3.33. The Morgan fingerprint density at radius 3 is 2.34 bits per heavy atom. The first kappa shape index (κ1) is 21.9. The van der Waals surface area contributed by atoms with Crippen molar-refractivity contribution < 1.29 is 14.3 Å². The number of hydrogen-bond donors (Lipinski definition) is 1. The lowest BCUT2D eigenvalue weighted by Gasteiger charge is -2.24. The second-order valence-electron chi connectivity index (χ2n) is 8.12. The van der Waals surface area contributed by atoms with Gasteiger partial charge in [-0.15, -0.1) is 0 Å². The van der Waals surface area contributed by atoms with Crippen molar-refractivity contribution in [3.63, 3.8) is 0 Å². The van der Waals surface area contributed by atoms with Gasteiger partial charge in [0.2, 0.25) is 5.91 Å². The second kappa shape index (κ2) is 10.3. The summed E-state index contributed by atoms with van der Waals surface area (Å²) in [4.78, 5) is 15.1. The van der Waals surface area contributed by atoms with Crippen LogP contribution < -0.4 is 14.8 Å². The van der Waals surface area contributed by atoms with Gasteiger partial charge in [0, 0.05) is 13.1 Å². The Kier molecular flexibility index (Phi) is 7.07. The van der Waals surface area contributed by atoms with Crippen molar-refractivity contribution in [2.45, 2.75) is 32.0 Å². The minimum absolute atomic E-state index is 0.0775. The number of hydrogen-bond acceptors (Lipinski definition) is 4. The molecule has 4 rings (SSSR count). The van der Waals surface area contributed by atoms with Gasteiger partial charge in [-0.25, -0.2) is 0 Å². The third kappa shape index (κ3) is 5.29. The summed E-state index contributed by atoms with van der Waals surface area (Å²) >= 11 is 0. The lowest BCUT2D eigenvalue weighted by atomic mass is 10.0. The molecule has 32 heavy (non-hydrogen) atoms. The molecule has 1 heterocycles. The standard InChI is InChI=1S/C27H30N2O3/c1-31-24-14-10-20(11-15-24)18-28-27(30)26-7-4-16-29(26)19-21-8-12-22(13-9-21)23-5-3-6-25(17-23)32-2/h3,5-6,8-15,17,26H,4,7,16,18-19H2,1-2H3,(H,28,30). The van der Waals surface area contributed by atoms with E-state index < -0.39 is 0 Å². The van der Waals surface area contributed by atoms with Crippen LogP contribution >= 0.6 is 0 Å². The molecule has 0 spiro atoms. The van der Waals surface area contributed by atoms with Crippen molar-refractivity contribution in [3.05, 3.63) is 83.9 Å². The Labute approximate surface area is 190 Å². The summed E-state index contributed by atoms with van der Waals surface area (Å²) in [5.41, 5.74) is 4.57. The van der Waals surface area contributed by atoms with Crippen LogP contribution in [0.15, 0.2) is 72.8 Å². The first-order valence-corrected chi connectivity index (χ1v) is 11.0. The van der Waals surface area contributed by atoms with Crippen LogP contribution in [-0.2, 0) is 17.9 Å². The fourth-order valence-corrected chi connectivity index (χ4v) is 4.20. The van der Waals surface area contributed by atoms with Crippen molar-refractivity contribution in [3.8, 4) is 22.6 Å². The molecule has 3 aromatic carbocycles. The van der Waals surface area contributed by atoms with E-state index in [4.69, 9.17) is 9.47 Å². The molecule has 5 heteroatoms. The zero-order valence-corrected chi connectivity index (χ0v) is 18.7. The predicted octanol–water partition coefficient (Wildman–Crippen LogP) is 4.65. The molecule has 1 aliphatic heterocycles. The van der Waals surface area contributed by atoms with Gasteiger partial charge in [0.25, 0.3) is 0 Å². The van der Waals surface area contributed by atoms with Crippen molar-refractivity contribution >= 4 is 5.91 Å². The summed E-state index contributed by atoms with van der Waals surface area (Å²) in [6, 6.07) is 24.4. The van der Waals surface area contributed by atoms with Crippen LogP contribution in [0.3, 0.4) is 0 Å². The Hall–Kier alpha value is -3.31. The summed E-state index contributed by atoms with van der Waals surface area (Å²) < 4.78 is 10.5. The normalized spacial score (nSPS) is 16.0. The molecule has 1 aliphatic rings. The van der Waals surface area contributed by atoms with E-state index in [0.717, 1.165) is 54.1 Å². The van der Waals surface area contributed by atoms with E-state index in [-0.39, 0.29) is 11.9 Å². The van der Waals surface area contributed by atoms with Crippen LogP contribution in [0.25, 0.3) is 11.1 Å². The van der Waals surface area contributed by atoms with E-state index in [1.807, 2.05) is 42.5 Å². The van der Waals surface area contributed by atoms with Gasteiger partial charge in [-0.05, 0) is 65.9 Å². The highest BCUT2D eigenvalue weighted by Gasteiger charge is 2.30. The number of nitrogens with one attached hydrogen (secondary N) is 1. The van der Waals surface area contributed by atoms with Crippen molar-refractivity contribution in [2.24, 2.45) is 0 Å². The highest BCUT2D eigenvalue weighted by Crippen LogP contribution is 2.26. The minimum Gasteiger partial charge on any atom is -0.497 e. The van der Waals surface area contributed by atoms with Gasteiger partial charge in [-0.2, -0.15) is 0 Å². The third-order valence-corrected chi connectivity index (χ3v) is 6.03. The van der Waals surface area contributed by atoms with Crippen LogP contribution in [0, 0.1) is 0 Å². The fraction of sp³-hybridized carbons (Fsp3) is 0.296. The molecule has 1 unspecified atom stereocenters. The lowest BCUT2D eigenvalue weighted by molar-refractivity contribution is -0.125. The van der Waals surface area contributed by atoms with E-state index >= 15 is 0 Å². The smallest absolute Gasteiger partial charge is 0.237 e. The molecule has 5 nitrogen and oxygen atoms in total. The van der Waals surface area contributed by atoms with Crippen LogP contribution in [0.5, 0.6) is 11.5 Å². The summed E-state index contributed by atoms with van der Waals surface area (Å²) in [5, 5.41) is 3.10. The van der Waals surface area contributed by atoms with Gasteiger partial charge in [0.1, 0.15) is 11.5 Å². The fourth-order valence-electron chi connectivity index (χ4n) is 4.20. The van der Waals surface area contributed by atoms with E-state index in [9.17, 15) is 4.79 Å². The molecule has 3 aromatic rings. The van der Waals surface area contributed by atoms with E-state index in [1.165, 1.54) is 5.56 Å². The van der Waals surface area contributed by atoms with Crippen LogP contribution in [-0.4, -0.2) is 37.6 Å². The summed E-state index contributed by atoms with van der Waals surface area (Å²) in [6.07, 6.45) is 1.94. The quantitative estimate of drug-likeness (QED) is 0.565. The monoisotopic (exact) mass is 430 g/mol. The molecule has 0 aliphatic carbocycles. The van der Waals surface area contributed by atoms with Gasteiger partial charge >= 0.3 is 0 Å². The van der Waals surface area contributed by atoms with E-state index in [1.54, 1.807) is 14.2 Å². The molecule has 0 radical (unpaired) electrons. The zero-order chi connectivity index (χ0) is 22.3. The summed E-state index contributed by atoms with van der Waals surface area (Å²) in [5.74, 6) is 1.78. The molecule has 0 saturated carbocycles. The van der Waals surface area contributed by atoms with E-state index in [2.05, 4.69) is 40.5 Å². The number of likely N-dealkylation sites (tertiary alicyclic amines) is 1. The molecule has 1 saturated heterocycles. The number of carbonyl (C=O) groups is 1. The van der Waals surface area contributed by atoms with Gasteiger partial charge in [-0.1, -0.05) is 48.5 Å². The van der Waals surface area contributed by atoms with Gasteiger partial charge < -0.3 is 14.8 Å². The van der Waals surface area contributed by atoms with Gasteiger partial charge in [0.05, 0.1) is 20.3 Å². The predicted molar refractivity (Wildman–Crippen MR) is 127 cm³/mol. The number of rotatable bonds is 8. The SMILES string of the molecule is COc1ccc(CNC(=O)C2CCCN2Cc2ccc(-c3cccc(OC)c3)cc2)cc1. The molecule has 1 N–H and O–H groups in total. The number of carbonyl (C=O) groups excluding carboxylic acids is 1. The number of amides is 1. The maximum atomic E-state index is 12.9. The second-order valence-corrected chi connectivity index (χ2v) is 8.12. The van der Waals surface area contributed by atoms with Gasteiger partial charge in [-0.3, -0.25) is 9.69 Å². The highest BCUT2D eigenvalue weighted by atomic mass is 16.5.